The van der Waals surface area contributed by atoms with E-state index in [-0.39, 0.29) is 5.75 Å². The molecule has 2 atom stereocenters. The minimum Gasteiger partial charge on any atom is -0.314 e. The van der Waals surface area contributed by atoms with Gasteiger partial charge < -0.3 is 10.6 Å². The van der Waals surface area contributed by atoms with Gasteiger partial charge in [-0.25, -0.2) is 8.42 Å². The molecule has 5 heteroatoms. The quantitative estimate of drug-likeness (QED) is 0.687. The standard InChI is InChI=1S/C10H22N2O2S/c1-9(8-10-4-3-5-12-10)11-6-7-15(2,13)14/h9-12H,3-8H2,1-2H3. The van der Waals surface area contributed by atoms with E-state index in [1.807, 2.05) is 0 Å². The molecule has 0 bridgehead atoms. The van der Waals surface area contributed by atoms with Crippen LogP contribution >= 0.6 is 0 Å². The van der Waals surface area contributed by atoms with Crippen LogP contribution < -0.4 is 10.6 Å². The van der Waals surface area contributed by atoms with Gasteiger partial charge in [0, 0.05) is 24.9 Å². The van der Waals surface area contributed by atoms with Crippen LogP contribution in [0.2, 0.25) is 0 Å². The highest BCUT2D eigenvalue weighted by Crippen LogP contribution is 2.10. The SMILES string of the molecule is CC(CC1CCCN1)NCCS(C)(=O)=O. The summed E-state index contributed by atoms with van der Waals surface area (Å²) in [5.41, 5.74) is 0. The Bertz CT molecular complexity index is 271. The molecule has 2 unspecified atom stereocenters. The molecule has 1 aliphatic heterocycles. The minimum absolute atomic E-state index is 0.232. The van der Waals surface area contributed by atoms with Gasteiger partial charge in [-0.15, -0.1) is 0 Å². The van der Waals surface area contributed by atoms with E-state index in [1.165, 1.54) is 19.1 Å². The van der Waals surface area contributed by atoms with Crippen LogP contribution in [0.5, 0.6) is 0 Å². The maximum Gasteiger partial charge on any atom is 0.148 e. The fourth-order valence-electron chi connectivity index (χ4n) is 1.96. The number of hydrogen-bond acceptors (Lipinski definition) is 4. The van der Waals surface area contributed by atoms with Crippen LogP contribution in [0.25, 0.3) is 0 Å². The molecule has 1 heterocycles. The molecule has 0 aliphatic carbocycles. The van der Waals surface area contributed by atoms with E-state index in [1.54, 1.807) is 0 Å². The molecular weight excluding hydrogens is 212 g/mol. The Labute approximate surface area is 92.7 Å². The molecule has 4 nitrogen and oxygen atoms in total. The molecule has 0 aromatic heterocycles. The Morgan fingerprint density at radius 2 is 2.27 bits per heavy atom. The highest BCUT2D eigenvalue weighted by Gasteiger charge is 2.16. The average molecular weight is 234 g/mol. The number of sulfone groups is 1. The third-order valence-electron chi connectivity index (χ3n) is 2.77. The monoisotopic (exact) mass is 234 g/mol. The molecule has 15 heavy (non-hydrogen) atoms. The third kappa shape index (κ3) is 6.12. The Hall–Kier alpha value is -0.130. The van der Waals surface area contributed by atoms with Crippen LogP contribution in [0.1, 0.15) is 26.2 Å². The first kappa shape index (κ1) is 12.9. The Morgan fingerprint density at radius 3 is 2.80 bits per heavy atom. The summed E-state index contributed by atoms with van der Waals surface area (Å²) in [6.07, 6.45) is 4.88. The van der Waals surface area contributed by atoms with E-state index in [2.05, 4.69) is 17.6 Å². The van der Waals surface area contributed by atoms with Crippen LogP contribution in [0.4, 0.5) is 0 Å². The molecule has 0 spiro atoms. The lowest BCUT2D eigenvalue weighted by molar-refractivity contribution is 0.448. The van der Waals surface area contributed by atoms with Gasteiger partial charge in [0.1, 0.15) is 9.84 Å². The molecule has 90 valence electrons. The number of nitrogens with one attached hydrogen (secondary N) is 2. The second-order valence-electron chi connectivity index (χ2n) is 4.51. The highest BCUT2D eigenvalue weighted by atomic mass is 32.2. The van der Waals surface area contributed by atoms with Crippen molar-refractivity contribution >= 4 is 9.84 Å². The predicted molar refractivity (Wildman–Crippen MR) is 62.8 cm³/mol. The Morgan fingerprint density at radius 1 is 1.53 bits per heavy atom. The highest BCUT2D eigenvalue weighted by molar-refractivity contribution is 7.90. The Kier molecular flexibility index (Phi) is 5.02. The van der Waals surface area contributed by atoms with Gasteiger partial charge in [-0.3, -0.25) is 0 Å². The summed E-state index contributed by atoms with van der Waals surface area (Å²) in [5.74, 6) is 0.232. The van der Waals surface area contributed by atoms with Gasteiger partial charge >= 0.3 is 0 Å². The van der Waals surface area contributed by atoms with E-state index in [4.69, 9.17) is 0 Å². The fraction of sp³-hybridized carbons (Fsp3) is 1.00. The smallest absolute Gasteiger partial charge is 0.148 e. The van der Waals surface area contributed by atoms with Crippen molar-refractivity contribution in [3.63, 3.8) is 0 Å². The van der Waals surface area contributed by atoms with E-state index >= 15 is 0 Å². The van der Waals surface area contributed by atoms with Crippen molar-refractivity contribution in [1.82, 2.24) is 10.6 Å². The largest absolute Gasteiger partial charge is 0.314 e. The topological polar surface area (TPSA) is 58.2 Å². The summed E-state index contributed by atoms with van der Waals surface area (Å²) in [6.45, 7) is 3.80. The molecule has 1 rings (SSSR count). The maximum absolute atomic E-state index is 10.9. The van der Waals surface area contributed by atoms with Crippen LogP contribution in [-0.4, -0.2) is 45.6 Å². The summed E-state index contributed by atoms with van der Waals surface area (Å²) in [4.78, 5) is 0. The predicted octanol–water partition coefficient (Wildman–Crippen LogP) is 0.151. The van der Waals surface area contributed by atoms with Crippen LogP contribution in [0, 0.1) is 0 Å². The first-order chi connectivity index (χ1) is 6.97. The average Bonchev–Trinajstić information content (AvgIpc) is 2.54. The Balaban J connectivity index is 2.10. The molecule has 2 N–H and O–H groups in total. The molecular formula is C10H22N2O2S. The van der Waals surface area contributed by atoms with Crippen molar-refractivity contribution in [2.45, 2.75) is 38.3 Å². The van der Waals surface area contributed by atoms with Crippen molar-refractivity contribution in [2.24, 2.45) is 0 Å². The molecule has 1 fully saturated rings. The van der Waals surface area contributed by atoms with Crippen molar-refractivity contribution < 1.29 is 8.42 Å². The molecule has 1 aliphatic rings. The molecule has 0 amide bonds. The molecule has 0 aromatic rings. The van der Waals surface area contributed by atoms with E-state index in [0.29, 0.717) is 18.6 Å². The molecule has 0 saturated carbocycles. The van der Waals surface area contributed by atoms with Crippen LogP contribution in [0.3, 0.4) is 0 Å². The summed E-state index contributed by atoms with van der Waals surface area (Å²) < 4.78 is 21.8. The second-order valence-corrected chi connectivity index (χ2v) is 6.77. The zero-order chi connectivity index (χ0) is 11.3. The first-order valence-electron chi connectivity index (χ1n) is 5.62. The van der Waals surface area contributed by atoms with Crippen molar-refractivity contribution in [3.05, 3.63) is 0 Å². The lowest BCUT2D eigenvalue weighted by Gasteiger charge is -2.17. The summed E-state index contributed by atoms with van der Waals surface area (Å²) >= 11 is 0. The molecule has 1 saturated heterocycles. The molecule has 0 aromatic carbocycles. The van der Waals surface area contributed by atoms with Crippen LogP contribution in [0.15, 0.2) is 0 Å². The summed E-state index contributed by atoms with van der Waals surface area (Å²) in [5, 5.41) is 6.68. The van der Waals surface area contributed by atoms with Gasteiger partial charge in [0.25, 0.3) is 0 Å². The van der Waals surface area contributed by atoms with Gasteiger partial charge in [-0.1, -0.05) is 0 Å². The van der Waals surface area contributed by atoms with E-state index in [0.717, 1.165) is 13.0 Å². The first-order valence-corrected chi connectivity index (χ1v) is 7.68. The van der Waals surface area contributed by atoms with E-state index < -0.39 is 9.84 Å². The normalized spacial score (nSPS) is 24.3. The fourth-order valence-corrected chi connectivity index (χ4v) is 2.45. The van der Waals surface area contributed by atoms with Crippen molar-refractivity contribution in [2.75, 3.05) is 25.1 Å². The van der Waals surface area contributed by atoms with Crippen molar-refractivity contribution in [1.29, 1.82) is 0 Å². The molecule has 0 radical (unpaired) electrons. The van der Waals surface area contributed by atoms with Gasteiger partial charge in [0.15, 0.2) is 0 Å². The lowest BCUT2D eigenvalue weighted by atomic mass is 10.1. The lowest BCUT2D eigenvalue weighted by Crippen LogP contribution is -2.36. The van der Waals surface area contributed by atoms with Gasteiger partial charge in [-0.2, -0.15) is 0 Å². The number of hydrogen-bond donors (Lipinski definition) is 2. The zero-order valence-corrected chi connectivity index (χ0v) is 10.4. The maximum atomic E-state index is 10.9. The van der Waals surface area contributed by atoms with Crippen molar-refractivity contribution in [3.8, 4) is 0 Å². The third-order valence-corrected chi connectivity index (χ3v) is 3.71. The number of rotatable bonds is 6. The van der Waals surface area contributed by atoms with Gasteiger partial charge in [-0.05, 0) is 32.7 Å². The van der Waals surface area contributed by atoms with E-state index in [9.17, 15) is 8.42 Å². The van der Waals surface area contributed by atoms with Gasteiger partial charge in [0.2, 0.25) is 0 Å². The van der Waals surface area contributed by atoms with Crippen LogP contribution in [-0.2, 0) is 9.84 Å². The summed E-state index contributed by atoms with van der Waals surface area (Å²) in [6, 6.07) is 1.01. The van der Waals surface area contributed by atoms with Gasteiger partial charge in [0.05, 0.1) is 5.75 Å². The minimum atomic E-state index is -2.83. The zero-order valence-electron chi connectivity index (χ0n) is 9.62. The summed E-state index contributed by atoms with van der Waals surface area (Å²) in [7, 11) is -2.83. The second kappa shape index (κ2) is 5.82.